The third-order valence-electron chi connectivity index (χ3n) is 4.32. The molecular weight excluding hydrogens is 326 g/mol. The molecule has 1 aromatic heterocycles. The van der Waals surface area contributed by atoms with Gasteiger partial charge in [0.2, 0.25) is 0 Å². The monoisotopic (exact) mass is 351 g/mol. The van der Waals surface area contributed by atoms with Crippen molar-refractivity contribution in [1.29, 1.82) is 0 Å². The third-order valence-corrected chi connectivity index (χ3v) is 5.17. The van der Waals surface area contributed by atoms with E-state index in [-0.39, 0.29) is 12.1 Å². The number of piperidine rings is 1. The molecule has 8 heteroatoms. The molecule has 1 saturated heterocycles. The summed E-state index contributed by atoms with van der Waals surface area (Å²) in [4.78, 5) is 22.4. The lowest BCUT2D eigenvalue weighted by Gasteiger charge is -2.31. The Labute approximate surface area is 146 Å². The Morgan fingerprint density at radius 2 is 2.21 bits per heavy atom. The summed E-state index contributed by atoms with van der Waals surface area (Å²) in [5, 5.41) is 6.40. The predicted molar refractivity (Wildman–Crippen MR) is 94.2 cm³/mol. The molecular formula is C16H25N5O2S. The highest BCUT2D eigenvalue weighted by Gasteiger charge is 2.26. The highest BCUT2D eigenvalue weighted by Crippen LogP contribution is 2.40. The van der Waals surface area contributed by atoms with Crippen molar-refractivity contribution in [3.8, 4) is 0 Å². The minimum absolute atomic E-state index is 0.229. The predicted octanol–water partition coefficient (Wildman–Crippen LogP) is 2.05. The number of nitrogens with one attached hydrogen (secondary N) is 1. The maximum Gasteiger partial charge on any atom is 0.409 e. The van der Waals surface area contributed by atoms with Crippen LogP contribution in [0.3, 0.4) is 0 Å². The van der Waals surface area contributed by atoms with Crippen LogP contribution in [0.5, 0.6) is 0 Å². The van der Waals surface area contributed by atoms with Crippen molar-refractivity contribution in [3.05, 3.63) is 16.1 Å². The third kappa shape index (κ3) is 4.59. The fourth-order valence-electron chi connectivity index (χ4n) is 2.79. The maximum atomic E-state index is 11.7. The number of aromatic nitrogens is 1. The summed E-state index contributed by atoms with van der Waals surface area (Å²) in [6.07, 6.45) is 3.99. The Morgan fingerprint density at radius 3 is 2.88 bits per heavy atom. The molecule has 1 aliphatic carbocycles. The minimum atomic E-state index is -0.229. The van der Waals surface area contributed by atoms with Gasteiger partial charge in [0, 0.05) is 30.4 Å². The Hall–Kier alpha value is -1.83. The molecule has 0 atom stereocenters. The minimum Gasteiger partial charge on any atom is -0.450 e. The SMILES string of the molecule is CCOC(=O)N1CCC(NC(N)=NCc2nc(C3CC3)cs2)CC1. The maximum absolute atomic E-state index is 11.7. The normalized spacial score (nSPS) is 19.4. The number of carbonyl (C=O) groups excluding carboxylic acids is 1. The molecule has 2 heterocycles. The second-order valence-corrected chi connectivity index (χ2v) is 7.19. The summed E-state index contributed by atoms with van der Waals surface area (Å²) >= 11 is 1.65. The first-order chi connectivity index (χ1) is 11.7. The highest BCUT2D eigenvalue weighted by atomic mass is 32.1. The van der Waals surface area contributed by atoms with E-state index in [0.29, 0.717) is 38.1 Å². The number of nitrogens with zero attached hydrogens (tertiary/aromatic N) is 3. The smallest absolute Gasteiger partial charge is 0.409 e. The van der Waals surface area contributed by atoms with Gasteiger partial charge in [-0.2, -0.15) is 0 Å². The van der Waals surface area contributed by atoms with Gasteiger partial charge in [-0.1, -0.05) is 0 Å². The van der Waals surface area contributed by atoms with Crippen molar-refractivity contribution >= 4 is 23.4 Å². The van der Waals surface area contributed by atoms with Gasteiger partial charge in [0.05, 0.1) is 18.8 Å². The topological polar surface area (TPSA) is 92.8 Å². The van der Waals surface area contributed by atoms with Crippen molar-refractivity contribution in [2.75, 3.05) is 19.7 Å². The molecule has 1 aliphatic heterocycles. The molecule has 0 radical (unpaired) electrons. The standard InChI is InChI=1S/C16H25N5O2S/c1-2-23-16(22)21-7-5-12(6-8-21)19-15(17)18-9-14-20-13(10-24-14)11-3-4-11/h10-12H,2-9H2,1H3,(H3,17,18,19). The van der Waals surface area contributed by atoms with E-state index in [0.717, 1.165) is 17.8 Å². The molecule has 24 heavy (non-hydrogen) atoms. The lowest BCUT2D eigenvalue weighted by Crippen LogP contribution is -2.48. The van der Waals surface area contributed by atoms with E-state index in [2.05, 4.69) is 20.7 Å². The average molecular weight is 351 g/mol. The molecule has 2 fully saturated rings. The van der Waals surface area contributed by atoms with Gasteiger partial charge < -0.3 is 20.7 Å². The first-order valence-corrected chi connectivity index (χ1v) is 9.46. The fourth-order valence-corrected chi connectivity index (χ4v) is 3.59. The number of rotatable bonds is 5. The summed E-state index contributed by atoms with van der Waals surface area (Å²) in [5.74, 6) is 1.13. The molecule has 0 bridgehead atoms. The van der Waals surface area contributed by atoms with Crippen LogP contribution in [-0.2, 0) is 11.3 Å². The molecule has 1 saturated carbocycles. The Bertz CT molecular complexity index is 591. The molecule has 1 amide bonds. The first-order valence-electron chi connectivity index (χ1n) is 8.58. The molecule has 3 N–H and O–H groups in total. The molecule has 0 unspecified atom stereocenters. The van der Waals surface area contributed by atoms with Crippen LogP contribution in [0.2, 0.25) is 0 Å². The largest absolute Gasteiger partial charge is 0.450 e. The second kappa shape index (κ2) is 7.83. The van der Waals surface area contributed by atoms with E-state index in [1.807, 2.05) is 6.92 Å². The number of guanidine groups is 1. The van der Waals surface area contributed by atoms with Gasteiger partial charge in [-0.25, -0.2) is 14.8 Å². The number of nitrogens with two attached hydrogens (primary N) is 1. The lowest BCUT2D eigenvalue weighted by atomic mass is 10.1. The average Bonchev–Trinajstić information content (AvgIpc) is 3.32. The van der Waals surface area contributed by atoms with E-state index >= 15 is 0 Å². The summed E-state index contributed by atoms with van der Waals surface area (Å²) in [6, 6.07) is 0.248. The molecule has 2 aliphatic rings. The van der Waals surface area contributed by atoms with Gasteiger partial charge in [-0.3, -0.25) is 0 Å². The van der Waals surface area contributed by atoms with Crippen LogP contribution in [0.4, 0.5) is 4.79 Å². The number of hydrogen-bond donors (Lipinski definition) is 2. The summed E-state index contributed by atoms with van der Waals surface area (Å²) < 4.78 is 5.02. The van der Waals surface area contributed by atoms with Crippen molar-refractivity contribution in [1.82, 2.24) is 15.2 Å². The van der Waals surface area contributed by atoms with Crippen LogP contribution in [0.15, 0.2) is 10.4 Å². The Balaban J connectivity index is 1.41. The number of likely N-dealkylation sites (tertiary alicyclic amines) is 1. The second-order valence-electron chi connectivity index (χ2n) is 6.25. The first kappa shape index (κ1) is 17.0. The van der Waals surface area contributed by atoms with Gasteiger partial charge in [-0.05, 0) is 32.6 Å². The van der Waals surface area contributed by atoms with Crippen molar-refractivity contribution in [2.45, 2.75) is 51.1 Å². The van der Waals surface area contributed by atoms with Crippen LogP contribution < -0.4 is 11.1 Å². The van der Waals surface area contributed by atoms with Crippen LogP contribution in [0.1, 0.15) is 49.2 Å². The fraction of sp³-hybridized carbons (Fsp3) is 0.688. The number of thiazole rings is 1. The molecule has 0 spiro atoms. The van der Waals surface area contributed by atoms with E-state index in [1.54, 1.807) is 16.2 Å². The summed E-state index contributed by atoms with van der Waals surface area (Å²) in [6.45, 7) is 4.12. The number of ether oxygens (including phenoxy) is 1. The zero-order chi connectivity index (χ0) is 16.9. The molecule has 132 valence electrons. The molecule has 0 aromatic carbocycles. The van der Waals surface area contributed by atoms with Crippen LogP contribution >= 0.6 is 11.3 Å². The van der Waals surface area contributed by atoms with E-state index in [1.165, 1.54) is 18.5 Å². The van der Waals surface area contributed by atoms with Crippen LogP contribution in [0.25, 0.3) is 0 Å². The van der Waals surface area contributed by atoms with E-state index in [4.69, 9.17) is 10.5 Å². The number of hydrogen-bond acceptors (Lipinski definition) is 5. The van der Waals surface area contributed by atoms with Gasteiger partial charge >= 0.3 is 6.09 Å². The lowest BCUT2D eigenvalue weighted by molar-refractivity contribution is 0.0963. The number of amides is 1. The number of aliphatic imine (C=N–C) groups is 1. The Morgan fingerprint density at radius 1 is 1.46 bits per heavy atom. The van der Waals surface area contributed by atoms with Gasteiger partial charge in [0.15, 0.2) is 5.96 Å². The van der Waals surface area contributed by atoms with Gasteiger partial charge in [0.25, 0.3) is 0 Å². The zero-order valence-corrected chi connectivity index (χ0v) is 14.8. The van der Waals surface area contributed by atoms with Crippen LogP contribution in [-0.4, -0.2) is 47.7 Å². The van der Waals surface area contributed by atoms with E-state index < -0.39 is 0 Å². The number of carbonyl (C=O) groups is 1. The van der Waals surface area contributed by atoms with Crippen molar-refractivity contribution in [3.63, 3.8) is 0 Å². The quantitative estimate of drug-likeness (QED) is 0.625. The molecule has 7 nitrogen and oxygen atoms in total. The molecule has 1 aromatic rings. The van der Waals surface area contributed by atoms with Gasteiger partial charge in [0.1, 0.15) is 5.01 Å². The molecule has 3 rings (SSSR count). The highest BCUT2D eigenvalue weighted by molar-refractivity contribution is 7.09. The summed E-state index contributed by atoms with van der Waals surface area (Å²) in [7, 11) is 0. The van der Waals surface area contributed by atoms with Crippen molar-refractivity contribution < 1.29 is 9.53 Å². The van der Waals surface area contributed by atoms with E-state index in [9.17, 15) is 4.79 Å². The van der Waals surface area contributed by atoms with Gasteiger partial charge in [-0.15, -0.1) is 11.3 Å². The summed E-state index contributed by atoms with van der Waals surface area (Å²) in [5.41, 5.74) is 7.20. The Kier molecular flexibility index (Phi) is 5.55. The zero-order valence-electron chi connectivity index (χ0n) is 14.0. The van der Waals surface area contributed by atoms with Crippen LogP contribution in [0, 0.1) is 0 Å². The van der Waals surface area contributed by atoms with Crippen molar-refractivity contribution in [2.24, 2.45) is 10.7 Å².